The largest absolute Gasteiger partial charge is 0.396 e. The van der Waals surface area contributed by atoms with E-state index in [0.717, 1.165) is 36.7 Å². The van der Waals surface area contributed by atoms with Crippen molar-refractivity contribution >= 4 is 11.2 Å². The van der Waals surface area contributed by atoms with Crippen LogP contribution in [0.3, 0.4) is 0 Å². The van der Waals surface area contributed by atoms with Gasteiger partial charge in [0, 0.05) is 27.2 Å². The highest BCUT2D eigenvalue weighted by molar-refractivity contribution is 5.69. The normalized spacial score (nSPS) is 11.4. The molecule has 0 spiro atoms. The second-order valence-corrected chi connectivity index (χ2v) is 5.31. The summed E-state index contributed by atoms with van der Waals surface area (Å²) >= 11 is 0. The zero-order chi connectivity index (χ0) is 15.4. The van der Waals surface area contributed by atoms with Gasteiger partial charge < -0.3 is 9.67 Å². The number of nitrogens with zero attached hydrogens (tertiary/aromatic N) is 4. The van der Waals surface area contributed by atoms with E-state index in [1.165, 1.54) is 11.6 Å². The molecule has 0 aromatic carbocycles. The van der Waals surface area contributed by atoms with E-state index in [9.17, 15) is 9.59 Å². The molecule has 0 bridgehead atoms. The van der Waals surface area contributed by atoms with Gasteiger partial charge in [-0.25, -0.2) is 9.78 Å². The molecule has 0 aliphatic rings. The number of hydrogen-bond donors (Lipinski definition) is 1. The lowest BCUT2D eigenvalue weighted by Crippen LogP contribution is -2.37. The standard InChI is InChI=1S/C14H22N4O3/c1-16-12-11(13(20)17(2)14(16)21)18(10-15-12)8-6-4-3-5-7-9-19/h10,19H,3-9H2,1-2H3. The van der Waals surface area contributed by atoms with Gasteiger partial charge in [0.15, 0.2) is 11.2 Å². The van der Waals surface area contributed by atoms with Gasteiger partial charge in [-0.2, -0.15) is 0 Å². The Kier molecular flexibility index (Phi) is 4.95. The monoisotopic (exact) mass is 294 g/mol. The Morgan fingerprint density at radius 2 is 1.71 bits per heavy atom. The Hall–Kier alpha value is -1.89. The van der Waals surface area contributed by atoms with Crippen molar-refractivity contribution in [1.29, 1.82) is 0 Å². The van der Waals surface area contributed by atoms with Crippen molar-refractivity contribution in [3.05, 3.63) is 27.2 Å². The number of aliphatic hydroxyl groups is 1. The van der Waals surface area contributed by atoms with Crippen molar-refractivity contribution in [2.24, 2.45) is 14.1 Å². The number of imidazole rings is 1. The van der Waals surface area contributed by atoms with Crippen LogP contribution in [0.2, 0.25) is 0 Å². The molecule has 0 saturated carbocycles. The fourth-order valence-electron chi connectivity index (χ4n) is 2.49. The van der Waals surface area contributed by atoms with Gasteiger partial charge in [-0.15, -0.1) is 0 Å². The summed E-state index contributed by atoms with van der Waals surface area (Å²) in [5, 5.41) is 8.72. The Balaban J connectivity index is 2.15. The first-order chi connectivity index (χ1) is 10.1. The topological polar surface area (TPSA) is 82.0 Å². The number of rotatable bonds is 7. The minimum Gasteiger partial charge on any atom is -0.396 e. The lowest BCUT2D eigenvalue weighted by molar-refractivity contribution is 0.282. The molecule has 2 rings (SSSR count). The van der Waals surface area contributed by atoms with Crippen LogP contribution in [-0.4, -0.2) is 30.4 Å². The number of fused-ring (bicyclic) bond motifs is 1. The summed E-state index contributed by atoms with van der Waals surface area (Å²) in [5.41, 5.74) is 0.256. The predicted molar refractivity (Wildman–Crippen MR) is 80.4 cm³/mol. The molecule has 2 aromatic rings. The zero-order valence-electron chi connectivity index (χ0n) is 12.6. The maximum atomic E-state index is 12.2. The van der Waals surface area contributed by atoms with Gasteiger partial charge in [-0.1, -0.05) is 19.3 Å². The van der Waals surface area contributed by atoms with E-state index >= 15 is 0 Å². The molecule has 7 nitrogen and oxygen atoms in total. The summed E-state index contributed by atoms with van der Waals surface area (Å²) in [6.07, 6.45) is 6.56. The molecular weight excluding hydrogens is 272 g/mol. The van der Waals surface area contributed by atoms with Crippen molar-refractivity contribution in [2.75, 3.05) is 6.61 Å². The van der Waals surface area contributed by atoms with E-state index in [1.807, 2.05) is 4.57 Å². The first-order valence-corrected chi connectivity index (χ1v) is 7.29. The third-order valence-electron chi connectivity index (χ3n) is 3.77. The minimum atomic E-state index is -0.359. The van der Waals surface area contributed by atoms with Gasteiger partial charge in [0.2, 0.25) is 0 Å². The molecule has 0 unspecified atom stereocenters. The SMILES string of the molecule is Cn1c(=O)c2c(ncn2CCCCCCCO)n(C)c1=O. The van der Waals surface area contributed by atoms with Gasteiger partial charge >= 0.3 is 5.69 Å². The van der Waals surface area contributed by atoms with Crippen LogP contribution < -0.4 is 11.2 Å². The summed E-state index contributed by atoms with van der Waals surface area (Å²) in [7, 11) is 3.10. The molecule has 2 heterocycles. The summed E-state index contributed by atoms with van der Waals surface area (Å²) < 4.78 is 4.33. The minimum absolute atomic E-state index is 0.246. The molecule has 2 aromatic heterocycles. The number of aromatic nitrogens is 4. The van der Waals surface area contributed by atoms with Crippen LogP contribution in [0.15, 0.2) is 15.9 Å². The van der Waals surface area contributed by atoms with Crippen LogP contribution in [0.25, 0.3) is 11.2 Å². The predicted octanol–water partition coefficient (Wildman–Crippen LogP) is 0.376. The first-order valence-electron chi connectivity index (χ1n) is 7.29. The highest BCUT2D eigenvalue weighted by Gasteiger charge is 2.13. The molecule has 0 aliphatic carbocycles. The molecule has 0 fully saturated rings. The second-order valence-electron chi connectivity index (χ2n) is 5.31. The smallest absolute Gasteiger partial charge is 0.332 e. The van der Waals surface area contributed by atoms with E-state index in [1.54, 1.807) is 13.4 Å². The maximum Gasteiger partial charge on any atom is 0.332 e. The quantitative estimate of drug-likeness (QED) is 0.748. The van der Waals surface area contributed by atoms with Crippen LogP contribution in [0.4, 0.5) is 0 Å². The molecule has 0 aliphatic heterocycles. The molecule has 0 radical (unpaired) electrons. The second kappa shape index (κ2) is 6.71. The molecule has 0 atom stereocenters. The molecular formula is C14H22N4O3. The number of hydrogen-bond acceptors (Lipinski definition) is 4. The van der Waals surface area contributed by atoms with Crippen molar-refractivity contribution in [3.63, 3.8) is 0 Å². The fraction of sp³-hybridized carbons (Fsp3) is 0.643. The lowest BCUT2D eigenvalue weighted by atomic mass is 10.1. The third kappa shape index (κ3) is 3.07. The summed E-state index contributed by atoms with van der Waals surface area (Å²) in [4.78, 5) is 28.2. The van der Waals surface area contributed by atoms with Crippen LogP contribution in [0.5, 0.6) is 0 Å². The average Bonchev–Trinajstić information content (AvgIpc) is 2.90. The highest BCUT2D eigenvalue weighted by Crippen LogP contribution is 2.09. The van der Waals surface area contributed by atoms with Crippen LogP contribution in [-0.2, 0) is 20.6 Å². The van der Waals surface area contributed by atoms with E-state index in [0.29, 0.717) is 17.7 Å². The fourth-order valence-corrected chi connectivity index (χ4v) is 2.49. The van der Waals surface area contributed by atoms with Gasteiger partial charge in [0.25, 0.3) is 5.56 Å². The van der Waals surface area contributed by atoms with E-state index < -0.39 is 0 Å². The van der Waals surface area contributed by atoms with E-state index in [2.05, 4.69) is 4.98 Å². The van der Waals surface area contributed by atoms with Crippen LogP contribution in [0.1, 0.15) is 32.1 Å². The molecule has 21 heavy (non-hydrogen) atoms. The number of aliphatic hydroxyl groups excluding tert-OH is 1. The first kappa shape index (κ1) is 15.5. The maximum absolute atomic E-state index is 12.2. The average molecular weight is 294 g/mol. The highest BCUT2D eigenvalue weighted by atomic mass is 16.3. The number of aryl methyl sites for hydroxylation is 2. The van der Waals surface area contributed by atoms with Gasteiger partial charge in [-0.05, 0) is 12.8 Å². The van der Waals surface area contributed by atoms with Gasteiger partial charge in [0.1, 0.15) is 0 Å². The van der Waals surface area contributed by atoms with Gasteiger partial charge in [-0.3, -0.25) is 13.9 Å². The molecule has 0 saturated heterocycles. The lowest BCUT2D eigenvalue weighted by Gasteiger charge is -2.06. The molecule has 0 amide bonds. The van der Waals surface area contributed by atoms with Crippen molar-refractivity contribution < 1.29 is 5.11 Å². The van der Waals surface area contributed by atoms with E-state index in [4.69, 9.17) is 5.11 Å². The van der Waals surface area contributed by atoms with E-state index in [-0.39, 0.29) is 17.9 Å². The third-order valence-corrected chi connectivity index (χ3v) is 3.77. The Bertz CT molecular complexity index is 726. The van der Waals surface area contributed by atoms with Crippen molar-refractivity contribution in [3.8, 4) is 0 Å². The molecule has 1 N–H and O–H groups in total. The molecule has 7 heteroatoms. The number of unbranched alkanes of at least 4 members (excludes halogenated alkanes) is 4. The van der Waals surface area contributed by atoms with Crippen LogP contribution >= 0.6 is 0 Å². The zero-order valence-corrected chi connectivity index (χ0v) is 12.6. The Labute approximate surface area is 122 Å². The van der Waals surface area contributed by atoms with Crippen LogP contribution in [0, 0.1) is 0 Å². The summed E-state index contributed by atoms with van der Waals surface area (Å²) in [6.45, 7) is 0.958. The summed E-state index contributed by atoms with van der Waals surface area (Å²) in [6, 6.07) is 0. The molecule has 116 valence electrons. The van der Waals surface area contributed by atoms with Crippen molar-refractivity contribution in [2.45, 2.75) is 38.6 Å². The Morgan fingerprint density at radius 3 is 2.43 bits per heavy atom. The Morgan fingerprint density at radius 1 is 1.05 bits per heavy atom. The van der Waals surface area contributed by atoms with Gasteiger partial charge in [0.05, 0.1) is 6.33 Å². The summed E-state index contributed by atoms with van der Waals surface area (Å²) in [5.74, 6) is 0. The van der Waals surface area contributed by atoms with Crippen molar-refractivity contribution in [1.82, 2.24) is 18.7 Å².